The second-order valence-electron chi connectivity index (χ2n) is 5.53. The Bertz CT molecular complexity index is 538. The highest BCUT2D eigenvalue weighted by molar-refractivity contribution is 7.92. The molecule has 2 aliphatic rings. The molecule has 2 aliphatic carbocycles. The Kier molecular flexibility index (Phi) is 2.94. The number of aryl methyl sites for hydroxylation is 1. The first kappa shape index (κ1) is 12.5. The summed E-state index contributed by atoms with van der Waals surface area (Å²) in [5, 5.41) is -0.166. The van der Waals surface area contributed by atoms with Crippen LogP contribution in [-0.4, -0.2) is 19.0 Å². The van der Waals surface area contributed by atoms with Crippen molar-refractivity contribution >= 4 is 21.4 Å². The first-order valence-electron chi connectivity index (χ1n) is 6.46. The standard InChI is InChI=1S/C14H17ClO2S/c1-9-5-7-10(8-6-9)18(16,17)14-11-3-2-4-12(14)13(11)15/h5-8,11-14H,2-4H2,1H3/t11-,12-,13?,14?/m1/s1. The molecule has 2 fully saturated rings. The number of hydrogen-bond acceptors (Lipinski definition) is 2. The fourth-order valence-electron chi connectivity index (χ4n) is 3.43. The maximum atomic E-state index is 12.6. The third kappa shape index (κ3) is 1.71. The molecule has 1 aromatic carbocycles. The van der Waals surface area contributed by atoms with Crippen LogP contribution in [0.4, 0.5) is 0 Å². The first-order chi connectivity index (χ1) is 8.51. The average Bonchev–Trinajstić information content (AvgIpc) is 2.38. The second-order valence-corrected chi connectivity index (χ2v) is 8.14. The molecule has 0 amide bonds. The van der Waals surface area contributed by atoms with Gasteiger partial charge >= 0.3 is 0 Å². The summed E-state index contributed by atoms with van der Waals surface area (Å²) < 4.78 is 25.3. The van der Waals surface area contributed by atoms with Crippen molar-refractivity contribution in [2.24, 2.45) is 11.8 Å². The Morgan fingerprint density at radius 1 is 1.11 bits per heavy atom. The molecular formula is C14H17ClO2S. The van der Waals surface area contributed by atoms with Gasteiger partial charge in [-0.1, -0.05) is 24.1 Å². The van der Waals surface area contributed by atoms with E-state index in [-0.39, 0.29) is 22.5 Å². The number of sulfone groups is 1. The summed E-state index contributed by atoms with van der Waals surface area (Å²) >= 11 is 6.27. The summed E-state index contributed by atoms with van der Waals surface area (Å²) in [5.41, 5.74) is 1.08. The van der Waals surface area contributed by atoms with Gasteiger partial charge < -0.3 is 0 Å². The molecule has 18 heavy (non-hydrogen) atoms. The summed E-state index contributed by atoms with van der Waals surface area (Å²) in [6.07, 6.45) is 3.04. The molecule has 0 spiro atoms. The summed E-state index contributed by atoms with van der Waals surface area (Å²) in [5.74, 6) is 0.327. The van der Waals surface area contributed by atoms with Gasteiger partial charge in [-0.3, -0.25) is 0 Å². The van der Waals surface area contributed by atoms with Crippen LogP contribution in [0.5, 0.6) is 0 Å². The van der Waals surface area contributed by atoms with Crippen LogP contribution in [0.15, 0.2) is 29.2 Å². The predicted octanol–water partition coefficient (Wildman–Crippen LogP) is 3.17. The van der Waals surface area contributed by atoms with Gasteiger partial charge in [0.1, 0.15) is 0 Å². The van der Waals surface area contributed by atoms with Crippen molar-refractivity contribution in [1.29, 1.82) is 0 Å². The zero-order valence-electron chi connectivity index (χ0n) is 10.3. The molecule has 0 radical (unpaired) electrons. The molecule has 0 saturated heterocycles. The van der Waals surface area contributed by atoms with Gasteiger partial charge in [0.2, 0.25) is 0 Å². The van der Waals surface area contributed by atoms with E-state index in [1.54, 1.807) is 12.1 Å². The lowest BCUT2D eigenvalue weighted by atomic mass is 9.64. The van der Waals surface area contributed by atoms with Crippen molar-refractivity contribution in [3.63, 3.8) is 0 Å². The van der Waals surface area contributed by atoms with Gasteiger partial charge in [0.15, 0.2) is 9.84 Å². The van der Waals surface area contributed by atoms with E-state index in [0.717, 1.165) is 24.8 Å². The molecular weight excluding hydrogens is 268 g/mol. The molecule has 2 bridgehead atoms. The quantitative estimate of drug-likeness (QED) is 0.782. The van der Waals surface area contributed by atoms with Crippen LogP contribution in [0.25, 0.3) is 0 Å². The number of rotatable bonds is 2. The molecule has 3 rings (SSSR count). The van der Waals surface area contributed by atoms with Gasteiger partial charge in [-0.15, -0.1) is 11.6 Å². The number of hydrogen-bond donors (Lipinski definition) is 0. The maximum Gasteiger partial charge on any atom is 0.181 e. The van der Waals surface area contributed by atoms with E-state index in [4.69, 9.17) is 11.6 Å². The van der Waals surface area contributed by atoms with Crippen molar-refractivity contribution < 1.29 is 8.42 Å². The molecule has 0 N–H and O–H groups in total. The lowest BCUT2D eigenvalue weighted by molar-refractivity contribution is 0.129. The largest absolute Gasteiger partial charge is 0.223 e. The zero-order chi connectivity index (χ0) is 12.9. The van der Waals surface area contributed by atoms with Crippen LogP contribution in [0.3, 0.4) is 0 Å². The van der Waals surface area contributed by atoms with Gasteiger partial charge in [0, 0.05) is 5.38 Å². The fraction of sp³-hybridized carbons (Fsp3) is 0.571. The number of fused-ring (bicyclic) bond motifs is 2. The van der Waals surface area contributed by atoms with E-state index < -0.39 is 9.84 Å². The Morgan fingerprint density at radius 2 is 1.67 bits per heavy atom. The SMILES string of the molecule is Cc1ccc(S(=O)(=O)C2[C@@H]3CCC[C@@H]2C3Cl)cc1. The maximum absolute atomic E-state index is 12.6. The summed E-state index contributed by atoms with van der Waals surface area (Å²) in [6, 6.07) is 7.17. The Labute approximate surface area is 113 Å². The molecule has 2 atom stereocenters. The molecule has 1 aromatic rings. The van der Waals surface area contributed by atoms with Crippen molar-refractivity contribution in [2.45, 2.75) is 41.7 Å². The van der Waals surface area contributed by atoms with Crippen molar-refractivity contribution in [1.82, 2.24) is 0 Å². The van der Waals surface area contributed by atoms with E-state index >= 15 is 0 Å². The van der Waals surface area contributed by atoms with E-state index in [9.17, 15) is 8.42 Å². The van der Waals surface area contributed by atoms with Gasteiger partial charge in [-0.05, 0) is 43.7 Å². The minimum atomic E-state index is -3.20. The van der Waals surface area contributed by atoms with Gasteiger partial charge in [0.05, 0.1) is 10.1 Å². The van der Waals surface area contributed by atoms with Crippen LogP contribution in [0, 0.1) is 18.8 Å². The van der Waals surface area contributed by atoms with Gasteiger partial charge in [-0.25, -0.2) is 8.42 Å². The lowest BCUT2D eigenvalue weighted by Gasteiger charge is -2.52. The second kappa shape index (κ2) is 4.24. The van der Waals surface area contributed by atoms with E-state index in [2.05, 4.69) is 0 Å². The van der Waals surface area contributed by atoms with Crippen molar-refractivity contribution in [3.05, 3.63) is 29.8 Å². The smallest absolute Gasteiger partial charge is 0.181 e. The average molecular weight is 285 g/mol. The molecule has 0 aliphatic heterocycles. The van der Waals surface area contributed by atoms with E-state index in [0.29, 0.717) is 4.90 Å². The zero-order valence-corrected chi connectivity index (χ0v) is 11.9. The molecule has 0 aromatic heterocycles. The third-order valence-corrected chi connectivity index (χ3v) is 7.44. The molecule has 2 saturated carbocycles. The van der Waals surface area contributed by atoms with E-state index in [1.807, 2.05) is 19.1 Å². The Hall–Kier alpha value is -0.540. The Morgan fingerprint density at radius 3 is 2.17 bits per heavy atom. The fourth-order valence-corrected chi connectivity index (χ4v) is 6.53. The number of benzene rings is 1. The summed E-state index contributed by atoms with van der Waals surface area (Å²) in [6.45, 7) is 1.96. The van der Waals surface area contributed by atoms with Crippen LogP contribution in [-0.2, 0) is 9.84 Å². The topological polar surface area (TPSA) is 34.1 Å². The van der Waals surface area contributed by atoms with E-state index in [1.165, 1.54) is 0 Å². The highest BCUT2D eigenvalue weighted by Gasteiger charge is 2.57. The number of alkyl halides is 1. The minimum Gasteiger partial charge on any atom is -0.223 e. The van der Waals surface area contributed by atoms with Gasteiger partial charge in [-0.2, -0.15) is 0 Å². The Balaban J connectivity index is 1.94. The monoisotopic (exact) mass is 284 g/mol. The first-order valence-corrected chi connectivity index (χ1v) is 8.45. The molecule has 2 nitrogen and oxygen atoms in total. The normalized spacial score (nSPS) is 35.0. The lowest BCUT2D eigenvalue weighted by Crippen LogP contribution is -2.58. The van der Waals surface area contributed by atoms with Crippen LogP contribution in [0.1, 0.15) is 24.8 Å². The molecule has 4 heteroatoms. The van der Waals surface area contributed by atoms with Crippen LogP contribution in [0.2, 0.25) is 0 Å². The summed E-state index contributed by atoms with van der Waals surface area (Å²) in [4.78, 5) is 0.457. The third-order valence-electron chi connectivity index (χ3n) is 4.44. The van der Waals surface area contributed by atoms with Crippen molar-refractivity contribution in [2.75, 3.05) is 0 Å². The predicted molar refractivity (Wildman–Crippen MR) is 72.6 cm³/mol. The van der Waals surface area contributed by atoms with Crippen LogP contribution >= 0.6 is 11.6 Å². The molecule has 98 valence electrons. The van der Waals surface area contributed by atoms with Crippen LogP contribution < -0.4 is 0 Å². The van der Waals surface area contributed by atoms with Crippen molar-refractivity contribution in [3.8, 4) is 0 Å². The van der Waals surface area contributed by atoms with Gasteiger partial charge in [0.25, 0.3) is 0 Å². The highest BCUT2D eigenvalue weighted by Crippen LogP contribution is 2.53. The molecule has 0 unspecified atom stereocenters. The highest BCUT2D eigenvalue weighted by atomic mass is 35.5. The minimum absolute atomic E-state index is 0.0731. The number of halogens is 1. The molecule has 0 heterocycles. The summed E-state index contributed by atoms with van der Waals surface area (Å²) in [7, 11) is -3.20.